The van der Waals surface area contributed by atoms with Gasteiger partial charge in [0.25, 0.3) is 5.91 Å². The van der Waals surface area contributed by atoms with Crippen LogP contribution in [0.2, 0.25) is 0 Å². The highest BCUT2D eigenvalue weighted by Gasteiger charge is 2.31. The number of nitro groups is 1. The molecular weight excluding hydrogens is 504 g/mol. The molecule has 1 heterocycles. The molecule has 0 bridgehead atoms. The molecule has 1 amide bonds. The smallest absolute Gasteiger partial charge is 0.311 e. The minimum atomic E-state index is -0.461. The van der Waals surface area contributed by atoms with Crippen LogP contribution >= 0.6 is 31.9 Å². The Hall–Kier alpha value is -2.19. The number of halogens is 2. The van der Waals surface area contributed by atoms with Gasteiger partial charge in [0.05, 0.1) is 17.7 Å². The summed E-state index contributed by atoms with van der Waals surface area (Å²) >= 11 is 7.00. The van der Waals surface area contributed by atoms with E-state index in [1.807, 2.05) is 39.8 Å². The van der Waals surface area contributed by atoms with E-state index in [0.29, 0.717) is 22.4 Å². The van der Waals surface area contributed by atoms with Gasteiger partial charge in [0.1, 0.15) is 0 Å². The molecule has 0 aliphatic carbocycles. The Labute approximate surface area is 185 Å². The maximum atomic E-state index is 12.7. The fraction of sp³-hybridized carbons (Fsp3) is 0.286. The minimum Gasteiger partial charge on any atom is -0.490 e. The molecule has 0 aromatic heterocycles. The molecule has 8 heteroatoms. The van der Waals surface area contributed by atoms with Crippen molar-refractivity contribution in [3.05, 3.63) is 59.5 Å². The van der Waals surface area contributed by atoms with Crippen LogP contribution in [0.4, 0.5) is 11.4 Å². The van der Waals surface area contributed by atoms with E-state index in [2.05, 4.69) is 37.2 Å². The van der Waals surface area contributed by atoms with Gasteiger partial charge in [-0.25, -0.2) is 0 Å². The summed E-state index contributed by atoms with van der Waals surface area (Å²) in [7, 11) is 1.43. The largest absolute Gasteiger partial charge is 0.490 e. The molecule has 0 spiro atoms. The maximum Gasteiger partial charge on any atom is 0.311 e. The molecule has 0 atom stereocenters. The molecule has 3 rings (SSSR count). The van der Waals surface area contributed by atoms with Crippen molar-refractivity contribution in [1.29, 1.82) is 0 Å². The van der Waals surface area contributed by atoms with Gasteiger partial charge in [0.2, 0.25) is 5.75 Å². The van der Waals surface area contributed by atoms with Gasteiger partial charge in [-0.15, -0.1) is 0 Å². The Kier molecular flexibility index (Phi) is 5.62. The molecule has 0 fully saturated rings. The number of amides is 1. The van der Waals surface area contributed by atoms with Crippen molar-refractivity contribution in [2.45, 2.75) is 33.1 Å². The summed E-state index contributed by atoms with van der Waals surface area (Å²) in [6.07, 6.45) is 1.69. The molecule has 0 radical (unpaired) electrons. The van der Waals surface area contributed by atoms with Gasteiger partial charge in [0.15, 0.2) is 0 Å². The summed E-state index contributed by atoms with van der Waals surface area (Å²) in [6, 6.07) is 5.16. The second kappa shape index (κ2) is 7.57. The van der Waals surface area contributed by atoms with Crippen molar-refractivity contribution >= 4 is 60.8 Å². The van der Waals surface area contributed by atoms with E-state index in [4.69, 9.17) is 4.74 Å². The van der Waals surface area contributed by atoms with Crippen LogP contribution < -0.4 is 10.1 Å². The number of rotatable bonds is 3. The maximum absolute atomic E-state index is 12.7. The zero-order chi connectivity index (χ0) is 21.7. The molecule has 1 N–H and O–H groups in total. The Balaban J connectivity index is 2.29. The summed E-state index contributed by atoms with van der Waals surface area (Å²) in [5.41, 5.74) is 3.58. The lowest BCUT2D eigenvalue weighted by Gasteiger charge is -2.22. The van der Waals surface area contributed by atoms with Gasteiger partial charge in [-0.1, -0.05) is 36.7 Å². The van der Waals surface area contributed by atoms with Crippen molar-refractivity contribution in [3.63, 3.8) is 0 Å². The number of benzene rings is 2. The second-order valence-electron chi connectivity index (χ2n) is 7.86. The van der Waals surface area contributed by atoms with Crippen LogP contribution in [-0.2, 0) is 10.2 Å². The number of nitrogens with zero attached hydrogens (tertiary/aromatic N) is 1. The SMILES string of the molecule is COc1c([N+](=O)[O-])cc(C=C2C(=O)Nc3c(Br)cc(Br)c(C)c32)cc1C(C)(C)C. The number of nitro benzene ring substituents is 1. The van der Waals surface area contributed by atoms with Gasteiger partial charge < -0.3 is 10.1 Å². The van der Waals surface area contributed by atoms with Gasteiger partial charge in [-0.05, 0) is 57.6 Å². The van der Waals surface area contributed by atoms with Crippen molar-refractivity contribution in [2.75, 3.05) is 12.4 Å². The summed E-state index contributed by atoms with van der Waals surface area (Å²) in [5.74, 6) is -0.0136. The molecular formula is C21H20Br2N2O4. The van der Waals surface area contributed by atoms with E-state index >= 15 is 0 Å². The third-order valence-corrected chi connectivity index (χ3v) is 6.29. The first-order valence-corrected chi connectivity index (χ1v) is 10.4. The van der Waals surface area contributed by atoms with Crippen LogP contribution in [0.25, 0.3) is 11.6 Å². The standard InChI is InChI=1S/C21H20Br2N2O4/c1-10-14(22)9-15(23)18-17(10)12(20(26)24-18)6-11-7-13(21(2,3)4)19(29-5)16(8-11)25(27)28/h6-9H,1-5H3,(H,24,26). The highest BCUT2D eigenvalue weighted by Crippen LogP contribution is 2.45. The number of anilines is 1. The molecule has 0 unspecified atom stereocenters. The van der Waals surface area contributed by atoms with Crippen LogP contribution in [0, 0.1) is 17.0 Å². The first-order chi connectivity index (χ1) is 13.5. The van der Waals surface area contributed by atoms with Crippen molar-refractivity contribution in [2.24, 2.45) is 0 Å². The van der Waals surface area contributed by atoms with E-state index in [1.54, 1.807) is 6.08 Å². The van der Waals surface area contributed by atoms with Crippen molar-refractivity contribution in [3.8, 4) is 5.75 Å². The van der Waals surface area contributed by atoms with Crippen LogP contribution in [0.15, 0.2) is 27.1 Å². The lowest BCUT2D eigenvalue weighted by Crippen LogP contribution is -2.14. The lowest BCUT2D eigenvalue weighted by molar-refractivity contribution is -0.385. The first-order valence-electron chi connectivity index (χ1n) is 8.84. The predicted molar refractivity (Wildman–Crippen MR) is 121 cm³/mol. The zero-order valence-electron chi connectivity index (χ0n) is 16.6. The molecule has 152 valence electrons. The van der Waals surface area contributed by atoms with E-state index in [-0.39, 0.29) is 22.8 Å². The van der Waals surface area contributed by atoms with Crippen LogP contribution in [0.3, 0.4) is 0 Å². The first kappa shape index (κ1) is 21.5. The monoisotopic (exact) mass is 522 g/mol. The highest BCUT2D eigenvalue weighted by atomic mass is 79.9. The Morgan fingerprint density at radius 3 is 2.38 bits per heavy atom. The lowest BCUT2D eigenvalue weighted by atomic mass is 9.84. The highest BCUT2D eigenvalue weighted by molar-refractivity contribution is 9.11. The Morgan fingerprint density at radius 1 is 1.17 bits per heavy atom. The third kappa shape index (κ3) is 3.83. The Morgan fingerprint density at radius 2 is 1.83 bits per heavy atom. The topological polar surface area (TPSA) is 81.5 Å². The van der Waals surface area contributed by atoms with Gasteiger partial charge in [-0.3, -0.25) is 14.9 Å². The van der Waals surface area contributed by atoms with E-state index in [1.165, 1.54) is 13.2 Å². The molecule has 0 saturated carbocycles. The molecule has 1 aliphatic rings. The second-order valence-corrected chi connectivity index (χ2v) is 9.56. The van der Waals surface area contributed by atoms with E-state index in [9.17, 15) is 14.9 Å². The summed E-state index contributed by atoms with van der Waals surface area (Å²) in [5, 5.41) is 14.5. The van der Waals surface area contributed by atoms with Gasteiger partial charge >= 0.3 is 5.69 Å². The summed E-state index contributed by atoms with van der Waals surface area (Å²) in [6.45, 7) is 7.80. The molecule has 29 heavy (non-hydrogen) atoms. The molecule has 2 aromatic rings. The Bertz CT molecular complexity index is 1090. The molecule has 6 nitrogen and oxygen atoms in total. The number of methoxy groups -OCH3 is 1. The number of fused-ring (bicyclic) bond motifs is 1. The van der Waals surface area contributed by atoms with Crippen LogP contribution in [-0.4, -0.2) is 17.9 Å². The summed E-state index contributed by atoms with van der Waals surface area (Å²) < 4.78 is 6.99. The number of carbonyl (C=O) groups is 1. The van der Waals surface area contributed by atoms with E-state index < -0.39 is 4.92 Å². The fourth-order valence-electron chi connectivity index (χ4n) is 3.40. The number of hydrogen-bond acceptors (Lipinski definition) is 4. The number of hydrogen-bond donors (Lipinski definition) is 1. The average molecular weight is 524 g/mol. The zero-order valence-corrected chi connectivity index (χ0v) is 19.8. The molecule has 1 aliphatic heterocycles. The quantitative estimate of drug-likeness (QED) is 0.294. The van der Waals surface area contributed by atoms with Gasteiger partial charge in [-0.2, -0.15) is 0 Å². The van der Waals surface area contributed by atoms with E-state index in [0.717, 1.165) is 20.1 Å². The number of ether oxygens (including phenoxy) is 1. The minimum absolute atomic E-state index is 0.127. The summed E-state index contributed by atoms with van der Waals surface area (Å²) in [4.78, 5) is 23.9. The normalized spacial score (nSPS) is 14.7. The third-order valence-electron chi connectivity index (χ3n) is 4.84. The number of carbonyl (C=O) groups excluding carboxylic acids is 1. The van der Waals surface area contributed by atoms with Crippen molar-refractivity contribution in [1.82, 2.24) is 0 Å². The number of nitrogens with one attached hydrogen (secondary N) is 1. The average Bonchev–Trinajstić information content (AvgIpc) is 2.95. The predicted octanol–water partition coefficient (Wildman–Crippen LogP) is 6.23. The van der Waals surface area contributed by atoms with Crippen molar-refractivity contribution < 1.29 is 14.5 Å². The fourth-order valence-corrected chi connectivity index (χ4v) is 4.66. The van der Waals surface area contributed by atoms with Crippen LogP contribution in [0.5, 0.6) is 5.75 Å². The van der Waals surface area contributed by atoms with Crippen LogP contribution in [0.1, 0.15) is 43.0 Å². The molecule has 0 saturated heterocycles. The van der Waals surface area contributed by atoms with Gasteiger partial charge in [0, 0.05) is 31.7 Å². The molecule has 2 aromatic carbocycles.